The van der Waals surface area contributed by atoms with E-state index in [1.54, 1.807) is 6.26 Å². The molecule has 18 heavy (non-hydrogen) atoms. The van der Waals surface area contributed by atoms with Crippen molar-refractivity contribution in [2.75, 3.05) is 6.54 Å². The van der Waals surface area contributed by atoms with E-state index in [1.165, 1.54) is 5.56 Å². The first-order valence-corrected chi connectivity index (χ1v) is 7.53. The lowest BCUT2D eigenvalue weighted by Gasteiger charge is -2.18. The van der Waals surface area contributed by atoms with Gasteiger partial charge < -0.3 is 9.73 Å². The van der Waals surface area contributed by atoms with Crippen LogP contribution in [0.2, 0.25) is 0 Å². The van der Waals surface area contributed by atoms with Gasteiger partial charge in [0.15, 0.2) is 0 Å². The van der Waals surface area contributed by atoms with Crippen LogP contribution in [0.4, 0.5) is 0 Å². The summed E-state index contributed by atoms with van der Waals surface area (Å²) in [5.41, 5.74) is 1.18. The van der Waals surface area contributed by atoms with E-state index < -0.39 is 0 Å². The fourth-order valence-corrected chi connectivity index (χ4v) is 2.80. The maximum absolute atomic E-state index is 5.60. The van der Waals surface area contributed by atoms with Gasteiger partial charge >= 0.3 is 0 Å². The van der Waals surface area contributed by atoms with Crippen molar-refractivity contribution in [3.63, 3.8) is 0 Å². The Morgan fingerprint density at radius 2 is 1.94 bits per heavy atom. The Labute approximate surface area is 124 Å². The molecule has 1 N–H and O–H groups in total. The summed E-state index contributed by atoms with van der Waals surface area (Å²) in [7, 11) is 0. The number of hydrogen-bond donors (Lipinski definition) is 1. The lowest BCUT2D eigenvalue weighted by Crippen LogP contribution is -2.23. The predicted molar refractivity (Wildman–Crippen MR) is 80.7 cm³/mol. The molecule has 0 saturated carbocycles. The van der Waals surface area contributed by atoms with Crippen molar-refractivity contribution in [1.82, 2.24) is 5.32 Å². The minimum absolute atomic E-state index is 0.0601. The average Bonchev–Trinajstić information content (AvgIpc) is 2.78. The quantitative estimate of drug-likeness (QED) is 0.807. The highest BCUT2D eigenvalue weighted by atomic mass is 79.9. The molecule has 0 aliphatic rings. The van der Waals surface area contributed by atoms with E-state index in [2.05, 4.69) is 50.2 Å². The predicted octanol–water partition coefficient (Wildman–Crippen LogP) is 4.89. The first-order chi connectivity index (χ1) is 8.74. The molecule has 2 rings (SSSR count). The van der Waals surface area contributed by atoms with Crippen LogP contribution in [-0.2, 0) is 0 Å². The highest BCUT2D eigenvalue weighted by molar-refractivity contribution is 9.10. The summed E-state index contributed by atoms with van der Waals surface area (Å²) in [6.45, 7) is 3.10. The summed E-state index contributed by atoms with van der Waals surface area (Å²) < 4.78 is 7.68. The van der Waals surface area contributed by atoms with E-state index in [0.717, 1.165) is 27.7 Å². The van der Waals surface area contributed by atoms with Gasteiger partial charge in [-0.15, -0.1) is 0 Å². The van der Waals surface area contributed by atoms with Gasteiger partial charge in [0.1, 0.15) is 5.76 Å². The van der Waals surface area contributed by atoms with Gasteiger partial charge in [-0.3, -0.25) is 0 Å². The molecule has 4 heteroatoms. The van der Waals surface area contributed by atoms with Crippen LogP contribution in [-0.4, -0.2) is 6.54 Å². The first kappa shape index (κ1) is 13.8. The number of nitrogens with one attached hydrogen (secondary N) is 1. The van der Waals surface area contributed by atoms with Gasteiger partial charge in [-0.05, 0) is 46.6 Å². The second kappa shape index (κ2) is 6.55. The topological polar surface area (TPSA) is 25.2 Å². The lowest BCUT2D eigenvalue weighted by atomic mass is 10.0. The molecule has 0 saturated heterocycles. The van der Waals surface area contributed by atoms with Gasteiger partial charge in [0.05, 0.1) is 16.8 Å². The molecule has 0 amide bonds. The molecular weight excluding hydrogens is 358 g/mol. The van der Waals surface area contributed by atoms with E-state index in [4.69, 9.17) is 4.42 Å². The third kappa shape index (κ3) is 3.05. The van der Waals surface area contributed by atoms with Crippen LogP contribution >= 0.6 is 31.9 Å². The molecule has 0 fully saturated rings. The van der Waals surface area contributed by atoms with Crippen molar-refractivity contribution in [3.8, 4) is 0 Å². The molecule has 0 radical (unpaired) electrons. The smallest absolute Gasteiger partial charge is 0.139 e. The van der Waals surface area contributed by atoms with Gasteiger partial charge in [-0.1, -0.05) is 41.1 Å². The largest absolute Gasteiger partial charge is 0.466 e. The molecule has 0 aliphatic heterocycles. The third-order valence-electron chi connectivity index (χ3n) is 2.72. The van der Waals surface area contributed by atoms with E-state index in [9.17, 15) is 0 Å². The number of hydrogen-bond acceptors (Lipinski definition) is 2. The highest BCUT2D eigenvalue weighted by Crippen LogP contribution is 2.33. The van der Waals surface area contributed by atoms with Crippen LogP contribution in [0, 0.1) is 0 Å². The van der Waals surface area contributed by atoms with Gasteiger partial charge in [-0.2, -0.15) is 0 Å². The average molecular weight is 373 g/mol. The van der Waals surface area contributed by atoms with Crippen LogP contribution < -0.4 is 5.32 Å². The SMILES string of the molecule is CCCNC(c1ccccc1Br)c1occc1Br. The fraction of sp³-hybridized carbons (Fsp3) is 0.286. The number of benzene rings is 1. The Balaban J connectivity index is 2.37. The zero-order chi connectivity index (χ0) is 13.0. The highest BCUT2D eigenvalue weighted by Gasteiger charge is 2.21. The van der Waals surface area contributed by atoms with Crippen LogP contribution in [0.5, 0.6) is 0 Å². The van der Waals surface area contributed by atoms with Gasteiger partial charge in [0.2, 0.25) is 0 Å². The van der Waals surface area contributed by atoms with Crippen molar-refractivity contribution in [2.45, 2.75) is 19.4 Å². The maximum atomic E-state index is 5.60. The molecule has 2 aromatic rings. The van der Waals surface area contributed by atoms with E-state index >= 15 is 0 Å². The number of furan rings is 1. The summed E-state index contributed by atoms with van der Waals surface area (Å²) in [5, 5.41) is 3.52. The first-order valence-electron chi connectivity index (χ1n) is 5.94. The Morgan fingerprint density at radius 3 is 2.56 bits per heavy atom. The fourth-order valence-electron chi connectivity index (χ4n) is 1.85. The van der Waals surface area contributed by atoms with E-state index in [1.807, 2.05) is 24.3 Å². The molecule has 96 valence electrons. The van der Waals surface area contributed by atoms with E-state index in [0.29, 0.717) is 0 Å². The number of halogens is 2. The molecule has 1 atom stereocenters. The molecular formula is C14H15Br2NO. The minimum atomic E-state index is 0.0601. The van der Waals surface area contributed by atoms with Gasteiger partial charge in [0.25, 0.3) is 0 Å². The van der Waals surface area contributed by atoms with E-state index in [-0.39, 0.29) is 6.04 Å². The van der Waals surface area contributed by atoms with Crippen LogP contribution in [0.1, 0.15) is 30.7 Å². The van der Waals surface area contributed by atoms with Crippen molar-refractivity contribution < 1.29 is 4.42 Å². The summed E-state index contributed by atoms with van der Waals surface area (Å²) in [6, 6.07) is 10.2. The molecule has 0 spiro atoms. The van der Waals surface area contributed by atoms with Crippen LogP contribution in [0.15, 0.2) is 50.0 Å². The Bertz CT molecular complexity index is 510. The van der Waals surface area contributed by atoms with Crippen molar-refractivity contribution in [3.05, 3.63) is 56.9 Å². The Kier molecular flexibility index (Phi) is 5.03. The zero-order valence-electron chi connectivity index (χ0n) is 10.1. The molecule has 0 bridgehead atoms. The maximum Gasteiger partial charge on any atom is 0.139 e. The van der Waals surface area contributed by atoms with Crippen LogP contribution in [0.25, 0.3) is 0 Å². The molecule has 1 unspecified atom stereocenters. The van der Waals surface area contributed by atoms with Gasteiger partial charge in [-0.25, -0.2) is 0 Å². The van der Waals surface area contributed by atoms with Crippen molar-refractivity contribution >= 4 is 31.9 Å². The third-order valence-corrected chi connectivity index (χ3v) is 4.10. The minimum Gasteiger partial charge on any atom is -0.466 e. The zero-order valence-corrected chi connectivity index (χ0v) is 13.3. The summed E-state index contributed by atoms with van der Waals surface area (Å²) >= 11 is 7.13. The Hall–Kier alpha value is -0.580. The standard InChI is InChI=1S/C14H15Br2NO/c1-2-8-17-13(14-12(16)7-9-18-14)10-5-3-4-6-11(10)15/h3-7,9,13,17H,2,8H2,1H3. The molecule has 2 nitrogen and oxygen atoms in total. The second-order valence-electron chi connectivity index (χ2n) is 4.04. The van der Waals surface area contributed by atoms with Gasteiger partial charge in [0, 0.05) is 4.47 Å². The number of rotatable bonds is 5. The molecule has 1 heterocycles. The molecule has 1 aromatic carbocycles. The summed E-state index contributed by atoms with van der Waals surface area (Å²) in [4.78, 5) is 0. The monoisotopic (exact) mass is 371 g/mol. The second-order valence-corrected chi connectivity index (χ2v) is 5.75. The Morgan fingerprint density at radius 1 is 1.17 bits per heavy atom. The summed E-state index contributed by atoms with van der Waals surface area (Å²) in [6.07, 6.45) is 2.79. The van der Waals surface area contributed by atoms with Crippen molar-refractivity contribution in [1.29, 1.82) is 0 Å². The molecule has 0 aliphatic carbocycles. The van der Waals surface area contributed by atoms with Crippen LogP contribution in [0.3, 0.4) is 0 Å². The lowest BCUT2D eigenvalue weighted by molar-refractivity contribution is 0.443. The summed E-state index contributed by atoms with van der Waals surface area (Å²) in [5.74, 6) is 0.912. The molecule has 1 aromatic heterocycles. The van der Waals surface area contributed by atoms with Crippen molar-refractivity contribution in [2.24, 2.45) is 0 Å². The normalized spacial score (nSPS) is 12.6.